The van der Waals surface area contributed by atoms with Gasteiger partial charge in [0.05, 0.1) is 0 Å². The first-order chi connectivity index (χ1) is 13.8. The minimum absolute atomic E-state index is 0.122. The summed E-state index contributed by atoms with van der Waals surface area (Å²) in [4.78, 5) is 27.3. The number of hydrogen-bond donors (Lipinski definition) is 1. The van der Waals surface area contributed by atoms with E-state index in [2.05, 4.69) is 21.2 Å². The van der Waals surface area contributed by atoms with Gasteiger partial charge >= 0.3 is 0 Å². The molecular weight excluding hydrogens is 432 g/mol. The van der Waals surface area contributed by atoms with Gasteiger partial charge < -0.3 is 15.0 Å². The summed E-state index contributed by atoms with van der Waals surface area (Å²) in [6, 6.07) is 13.0. The van der Waals surface area contributed by atoms with Crippen molar-refractivity contribution in [2.24, 2.45) is 0 Å². The van der Waals surface area contributed by atoms with Gasteiger partial charge in [0.15, 0.2) is 6.61 Å². The standard InChI is InChI=1S/C23H29BrN2O3/c1-5-21(23(28)25-6-2)26(14-18-9-7-8-16(3)12-18)22(27)15-29-19-10-11-20(24)17(4)13-19/h7-13,21H,5-6,14-15H2,1-4H3,(H,25,28)/t21-/m1/s1. The highest BCUT2D eigenvalue weighted by molar-refractivity contribution is 9.10. The zero-order valence-corrected chi connectivity index (χ0v) is 19.1. The number of aryl methyl sites for hydroxylation is 2. The largest absolute Gasteiger partial charge is 0.484 e. The quantitative estimate of drug-likeness (QED) is 0.603. The summed E-state index contributed by atoms with van der Waals surface area (Å²) in [5, 5.41) is 2.84. The Morgan fingerprint density at radius 1 is 1.14 bits per heavy atom. The first-order valence-electron chi connectivity index (χ1n) is 9.87. The predicted molar refractivity (Wildman–Crippen MR) is 119 cm³/mol. The van der Waals surface area contributed by atoms with Crippen molar-refractivity contribution in [1.29, 1.82) is 0 Å². The molecule has 0 saturated heterocycles. The van der Waals surface area contributed by atoms with Gasteiger partial charge in [-0.15, -0.1) is 0 Å². The molecule has 0 unspecified atom stereocenters. The number of halogens is 1. The third kappa shape index (κ3) is 6.60. The molecule has 5 nitrogen and oxygen atoms in total. The Kier molecular flexibility index (Phi) is 8.70. The zero-order valence-electron chi connectivity index (χ0n) is 17.5. The maximum Gasteiger partial charge on any atom is 0.261 e. The summed E-state index contributed by atoms with van der Waals surface area (Å²) in [6.07, 6.45) is 0.529. The second kappa shape index (κ2) is 11.0. The van der Waals surface area contributed by atoms with E-state index in [1.165, 1.54) is 0 Å². The van der Waals surface area contributed by atoms with Crippen LogP contribution in [0.25, 0.3) is 0 Å². The van der Waals surface area contributed by atoms with Gasteiger partial charge in [-0.25, -0.2) is 0 Å². The van der Waals surface area contributed by atoms with Crippen LogP contribution in [0, 0.1) is 13.8 Å². The lowest BCUT2D eigenvalue weighted by atomic mass is 10.1. The minimum atomic E-state index is -0.543. The molecule has 2 amide bonds. The third-order valence-electron chi connectivity index (χ3n) is 4.66. The topological polar surface area (TPSA) is 58.6 Å². The van der Waals surface area contributed by atoms with Crippen molar-refractivity contribution in [1.82, 2.24) is 10.2 Å². The number of carbonyl (C=O) groups excluding carboxylic acids is 2. The molecule has 0 aliphatic rings. The molecule has 6 heteroatoms. The molecule has 0 saturated carbocycles. The molecule has 1 atom stereocenters. The number of nitrogens with zero attached hydrogens (tertiary/aromatic N) is 1. The molecule has 0 fully saturated rings. The van der Waals surface area contributed by atoms with Crippen LogP contribution in [0.2, 0.25) is 0 Å². The Hall–Kier alpha value is -2.34. The fraction of sp³-hybridized carbons (Fsp3) is 0.391. The first kappa shape index (κ1) is 22.9. The zero-order chi connectivity index (χ0) is 21.4. The van der Waals surface area contributed by atoms with Gasteiger partial charge in [0.25, 0.3) is 5.91 Å². The predicted octanol–water partition coefficient (Wildman–Crippen LogP) is 4.39. The highest BCUT2D eigenvalue weighted by atomic mass is 79.9. The summed E-state index contributed by atoms with van der Waals surface area (Å²) in [7, 11) is 0. The van der Waals surface area contributed by atoms with Crippen LogP contribution in [-0.2, 0) is 16.1 Å². The number of nitrogens with one attached hydrogen (secondary N) is 1. The normalized spacial score (nSPS) is 11.6. The molecule has 0 aromatic heterocycles. The molecule has 0 heterocycles. The third-order valence-corrected chi connectivity index (χ3v) is 5.55. The molecule has 0 bridgehead atoms. The van der Waals surface area contributed by atoms with E-state index in [-0.39, 0.29) is 18.4 Å². The fourth-order valence-corrected chi connectivity index (χ4v) is 3.40. The van der Waals surface area contributed by atoms with Crippen molar-refractivity contribution >= 4 is 27.7 Å². The Morgan fingerprint density at radius 3 is 2.52 bits per heavy atom. The summed E-state index contributed by atoms with van der Waals surface area (Å²) < 4.78 is 6.72. The fourth-order valence-electron chi connectivity index (χ4n) is 3.15. The number of likely N-dealkylation sites (N-methyl/N-ethyl adjacent to an activating group) is 1. The van der Waals surface area contributed by atoms with Crippen LogP contribution >= 0.6 is 15.9 Å². The van der Waals surface area contributed by atoms with Gasteiger partial charge in [0.2, 0.25) is 5.91 Å². The van der Waals surface area contributed by atoms with Gasteiger partial charge in [-0.05, 0) is 56.5 Å². The second-order valence-electron chi connectivity index (χ2n) is 7.03. The Balaban J connectivity index is 2.20. The molecule has 156 valence electrons. The SMILES string of the molecule is CCNC(=O)[C@@H](CC)N(Cc1cccc(C)c1)C(=O)COc1ccc(Br)c(C)c1. The van der Waals surface area contributed by atoms with Crippen molar-refractivity contribution in [3.05, 3.63) is 63.6 Å². The number of hydrogen-bond acceptors (Lipinski definition) is 3. The van der Waals surface area contributed by atoms with E-state index in [9.17, 15) is 9.59 Å². The molecule has 0 aliphatic heterocycles. The maximum absolute atomic E-state index is 13.1. The van der Waals surface area contributed by atoms with Crippen LogP contribution in [0.3, 0.4) is 0 Å². The molecule has 0 radical (unpaired) electrons. The van der Waals surface area contributed by atoms with E-state index in [0.29, 0.717) is 25.3 Å². The molecule has 2 rings (SSSR count). The van der Waals surface area contributed by atoms with Crippen LogP contribution in [0.4, 0.5) is 0 Å². The Bertz CT molecular complexity index is 854. The van der Waals surface area contributed by atoms with Gasteiger partial charge in [0.1, 0.15) is 11.8 Å². The summed E-state index contributed by atoms with van der Waals surface area (Å²) in [5.41, 5.74) is 3.13. The number of carbonyl (C=O) groups is 2. The van der Waals surface area contributed by atoms with Gasteiger partial charge in [-0.2, -0.15) is 0 Å². The van der Waals surface area contributed by atoms with E-state index in [1.807, 2.05) is 70.2 Å². The van der Waals surface area contributed by atoms with Crippen molar-refractivity contribution < 1.29 is 14.3 Å². The average molecular weight is 461 g/mol. The van der Waals surface area contributed by atoms with Crippen LogP contribution in [0.1, 0.15) is 37.0 Å². The highest BCUT2D eigenvalue weighted by Gasteiger charge is 2.28. The van der Waals surface area contributed by atoms with Crippen molar-refractivity contribution in [3.63, 3.8) is 0 Å². The Labute approximate surface area is 181 Å². The van der Waals surface area contributed by atoms with Gasteiger partial charge in [-0.1, -0.05) is 52.7 Å². The van der Waals surface area contributed by atoms with E-state index in [0.717, 1.165) is 21.2 Å². The van der Waals surface area contributed by atoms with Crippen molar-refractivity contribution in [2.45, 2.75) is 46.7 Å². The smallest absolute Gasteiger partial charge is 0.261 e. The van der Waals surface area contributed by atoms with Crippen molar-refractivity contribution in [2.75, 3.05) is 13.2 Å². The minimum Gasteiger partial charge on any atom is -0.484 e. The molecular formula is C23H29BrN2O3. The van der Waals surface area contributed by atoms with E-state index in [1.54, 1.807) is 4.90 Å². The maximum atomic E-state index is 13.1. The number of ether oxygens (including phenoxy) is 1. The Morgan fingerprint density at radius 2 is 1.90 bits per heavy atom. The first-order valence-corrected chi connectivity index (χ1v) is 10.7. The van der Waals surface area contributed by atoms with E-state index < -0.39 is 6.04 Å². The van der Waals surface area contributed by atoms with Crippen molar-refractivity contribution in [3.8, 4) is 5.75 Å². The molecule has 1 N–H and O–H groups in total. The summed E-state index contributed by atoms with van der Waals surface area (Å²) in [5.74, 6) is 0.265. The van der Waals surface area contributed by atoms with Crippen LogP contribution in [0.15, 0.2) is 46.9 Å². The van der Waals surface area contributed by atoms with Crippen LogP contribution in [0.5, 0.6) is 5.75 Å². The lowest BCUT2D eigenvalue weighted by Gasteiger charge is -2.30. The van der Waals surface area contributed by atoms with Gasteiger partial charge in [0, 0.05) is 17.6 Å². The number of rotatable bonds is 9. The lowest BCUT2D eigenvalue weighted by Crippen LogP contribution is -2.50. The average Bonchev–Trinajstić information content (AvgIpc) is 2.68. The summed E-state index contributed by atoms with van der Waals surface area (Å²) >= 11 is 3.46. The number of benzene rings is 2. The van der Waals surface area contributed by atoms with Gasteiger partial charge in [-0.3, -0.25) is 9.59 Å². The monoisotopic (exact) mass is 460 g/mol. The second-order valence-corrected chi connectivity index (χ2v) is 7.88. The molecule has 0 spiro atoms. The van der Waals surface area contributed by atoms with Crippen LogP contribution < -0.4 is 10.1 Å². The van der Waals surface area contributed by atoms with E-state index in [4.69, 9.17) is 4.74 Å². The van der Waals surface area contributed by atoms with Crippen LogP contribution in [-0.4, -0.2) is 35.9 Å². The molecule has 29 heavy (non-hydrogen) atoms. The van der Waals surface area contributed by atoms with E-state index >= 15 is 0 Å². The molecule has 0 aliphatic carbocycles. The molecule has 2 aromatic carbocycles. The highest BCUT2D eigenvalue weighted by Crippen LogP contribution is 2.22. The summed E-state index contributed by atoms with van der Waals surface area (Å²) in [6.45, 7) is 8.52. The lowest BCUT2D eigenvalue weighted by molar-refractivity contribution is -0.142. The number of amides is 2. The molecule has 2 aromatic rings.